The molecule has 2 bridgehead atoms. The Labute approximate surface area is 165 Å². The Morgan fingerprint density at radius 1 is 1.18 bits per heavy atom. The zero-order chi connectivity index (χ0) is 19.5. The van der Waals surface area contributed by atoms with E-state index in [1.54, 1.807) is 14.2 Å². The lowest BCUT2D eigenvalue weighted by Crippen LogP contribution is -2.47. The van der Waals surface area contributed by atoms with E-state index in [1.165, 1.54) is 11.1 Å². The fourth-order valence-corrected chi connectivity index (χ4v) is 5.23. The molecular formula is C24H23NO3. The number of hydrogen-bond donors (Lipinski definition) is 0. The van der Waals surface area contributed by atoms with Crippen LogP contribution in [-0.2, 0) is 16.8 Å². The number of rotatable bonds is 3. The van der Waals surface area contributed by atoms with Gasteiger partial charge in [0.05, 0.1) is 14.2 Å². The zero-order valence-electron chi connectivity index (χ0n) is 16.4. The first-order chi connectivity index (χ1) is 13.6. The van der Waals surface area contributed by atoms with Gasteiger partial charge >= 0.3 is 0 Å². The van der Waals surface area contributed by atoms with E-state index in [4.69, 9.17) is 9.47 Å². The molecule has 2 aromatic rings. The number of ether oxygens (including phenoxy) is 2. The molecule has 4 heteroatoms. The fraction of sp³-hybridized carbons (Fsp3) is 0.292. The summed E-state index contributed by atoms with van der Waals surface area (Å²) in [5.41, 5.74) is 5.36. The lowest BCUT2D eigenvalue weighted by atomic mass is 9.67. The summed E-state index contributed by atoms with van der Waals surface area (Å²) in [6.07, 6.45) is 6.99. The van der Waals surface area contributed by atoms with Gasteiger partial charge in [0.2, 0.25) is 5.91 Å². The minimum atomic E-state index is -0.493. The molecule has 1 heterocycles. The van der Waals surface area contributed by atoms with E-state index in [-0.39, 0.29) is 11.8 Å². The van der Waals surface area contributed by atoms with Crippen LogP contribution in [0.1, 0.15) is 35.1 Å². The van der Waals surface area contributed by atoms with E-state index in [0.717, 1.165) is 28.2 Å². The number of nitrogens with zero attached hydrogens (tertiary/aromatic N) is 1. The van der Waals surface area contributed by atoms with Gasteiger partial charge in [-0.15, -0.1) is 0 Å². The number of hydrogen-bond acceptors (Lipinski definition) is 3. The Balaban J connectivity index is 1.87. The first-order valence-electron chi connectivity index (χ1n) is 9.70. The van der Waals surface area contributed by atoms with Crippen molar-refractivity contribution in [3.8, 4) is 11.5 Å². The highest BCUT2D eigenvalue weighted by Gasteiger charge is 2.51. The zero-order valence-corrected chi connectivity index (χ0v) is 16.4. The molecule has 0 radical (unpaired) electrons. The van der Waals surface area contributed by atoms with Crippen molar-refractivity contribution in [1.29, 1.82) is 0 Å². The van der Waals surface area contributed by atoms with Crippen LogP contribution in [0.2, 0.25) is 0 Å². The molecule has 1 spiro atoms. The van der Waals surface area contributed by atoms with Crippen LogP contribution in [0.3, 0.4) is 0 Å². The van der Waals surface area contributed by atoms with Crippen molar-refractivity contribution in [2.45, 2.75) is 24.8 Å². The van der Waals surface area contributed by atoms with E-state index in [0.29, 0.717) is 13.0 Å². The van der Waals surface area contributed by atoms with Gasteiger partial charge < -0.3 is 14.4 Å². The second-order valence-corrected chi connectivity index (χ2v) is 7.52. The molecule has 0 aromatic heterocycles. The van der Waals surface area contributed by atoms with Crippen LogP contribution < -0.4 is 9.47 Å². The van der Waals surface area contributed by atoms with E-state index in [2.05, 4.69) is 42.5 Å². The monoisotopic (exact) mass is 373 g/mol. The highest BCUT2D eigenvalue weighted by molar-refractivity contribution is 5.94. The van der Waals surface area contributed by atoms with Crippen molar-refractivity contribution in [2.75, 3.05) is 20.8 Å². The van der Waals surface area contributed by atoms with Crippen molar-refractivity contribution in [1.82, 2.24) is 4.90 Å². The van der Waals surface area contributed by atoms with Gasteiger partial charge in [-0.3, -0.25) is 4.79 Å². The molecule has 0 fully saturated rings. The summed E-state index contributed by atoms with van der Waals surface area (Å²) in [5, 5.41) is 0. The highest BCUT2D eigenvalue weighted by Crippen LogP contribution is 2.54. The van der Waals surface area contributed by atoms with Crippen LogP contribution in [0.25, 0.3) is 0 Å². The van der Waals surface area contributed by atoms with Crippen LogP contribution in [0.4, 0.5) is 0 Å². The molecule has 2 atom stereocenters. The number of amides is 1. The summed E-state index contributed by atoms with van der Waals surface area (Å²) in [4.78, 5) is 14.9. The lowest BCUT2D eigenvalue weighted by Gasteiger charge is -2.45. The smallest absolute Gasteiger partial charge is 0.247 e. The van der Waals surface area contributed by atoms with Crippen molar-refractivity contribution < 1.29 is 14.3 Å². The minimum Gasteiger partial charge on any atom is -0.497 e. The second-order valence-electron chi connectivity index (χ2n) is 7.52. The van der Waals surface area contributed by atoms with Crippen LogP contribution >= 0.6 is 0 Å². The maximum Gasteiger partial charge on any atom is 0.247 e. The average Bonchev–Trinajstić information content (AvgIpc) is 2.96. The molecule has 0 saturated carbocycles. The number of likely N-dealkylation sites (N-methyl/N-ethyl adjacent to an activating group) is 1. The van der Waals surface area contributed by atoms with Crippen molar-refractivity contribution in [2.24, 2.45) is 0 Å². The number of carbonyl (C=O) groups excluding carboxylic acids is 1. The van der Waals surface area contributed by atoms with Gasteiger partial charge in [-0.1, -0.05) is 36.4 Å². The molecule has 1 aliphatic heterocycles. The Hall–Kier alpha value is -3.01. The normalized spacial score (nSPS) is 24.1. The number of allylic oxidation sites excluding steroid dienone is 1. The molecule has 142 valence electrons. The molecule has 3 aliphatic carbocycles. The summed E-state index contributed by atoms with van der Waals surface area (Å²) in [6, 6.07) is 12.5. The van der Waals surface area contributed by atoms with Gasteiger partial charge in [-0.2, -0.15) is 0 Å². The van der Waals surface area contributed by atoms with Gasteiger partial charge in [-0.25, -0.2) is 0 Å². The molecule has 4 aliphatic rings. The van der Waals surface area contributed by atoms with E-state index in [9.17, 15) is 4.79 Å². The Morgan fingerprint density at radius 2 is 2.00 bits per heavy atom. The Bertz CT molecular complexity index is 1050. The van der Waals surface area contributed by atoms with Crippen molar-refractivity contribution >= 4 is 5.91 Å². The largest absolute Gasteiger partial charge is 0.497 e. The van der Waals surface area contributed by atoms with Gasteiger partial charge in [0.1, 0.15) is 17.0 Å². The molecule has 4 nitrogen and oxygen atoms in total. The van der Waals surface area contributed by atoms with Crippen LogP contribution in [-0.4, -0.2) is 31.6 Å². The molecule has 6 rings (SSSR count). The van der Waals surface area contributed by atoms with Gasteiger partial charge in [0, 0.05) is 30.2 Å². The summed E-state index contributed by atoms with van der Waals surface area (Å²) >= 11 is 0. The quantitative estimate of drug-likeness (QED) is 0.765. The molecule has 0 N–H and O–H groups in total. The third kappa shape index (κ3) is 2.03. The topological polar surface area (TPSA) is 38.8 Å². The predicted octanol–water partition coefficient (Wildman–Crippen LogP) is 3.95. The fourth-order valence-electron chi connectivity index (χ4n) is 5.23. The molecule has 0 unspecified atom stereocenters. The average molecular weight is 373 g/mol. The summed E-state index contributed by atoms with van der Waals surface area (Å²) in [6.45, 7) is 2.71. The summed E-state index contributed by atoms with van der Waals surface area (Å²) in [7, 11) is 3.37. The minimum absolute atomic E-state index is 0.0775. The highest BCUT2D eigenvalue weighted by atomic mass is 16.5. The third-order valence-corrected chi connectivity index (χ3v) is 6.38. The number of carbonyl (C=O) groups is 1. The first-order valence-corrected chi connectivity index (χ1v) is 9.70. The molecule has 28 heavy (non-hydrogen) atoms. The van der Waals surface area contributed by atoms with Gasteiger partial charge in [-0.05, 0) is 41.7 Å². The van der Waals surface area contributed by atoms with Crippen LogP contribution in [0, 0.1) is 0 Å². The van der Waals surface area contributed by atoms with Crippen LogP contribution in [0.5, 0.6) is 11.5 Å². The number of methoxy groups -OCH3 is 2. The van der Waals surface area contributed by atoms with Gasteiger partial charge in [0.15, 0.2) is 0 Å². The maximum atomic E-state index is 12.9. The SMILES string of the molecule is CCN1C(=O)C=C2Cc3cc(OC)cc(OC)c3[C@@H]3C=C[C@@]21c1ccccc13. The van der Waals surface area contributed by atoms with Crippen molar-refractivity contribution in [3.63, 3.8) is 0 Å². The number of benzene rings is 2. The van der Waals surface area contributed by atoms with E-state index in [1.807, 2.05) is 24.0 Å². The molecule has 1 amide bonds. The standard InChI is InChI=1S/C24H23NO3/c1-4-25-22(26)13-16-11-15-12-17(27-2)14-21(28-3)23(15)19-9-10-24(16,25)20-8-6-5-7-18(19)20/h5-10,12-14,19H,4,11H2,1-3H3/t19-,24+/m1/s1. The van der Waals surface area contributed by atoms with E-state index < -0.39 is 5.54 Å². The molecule has 0 saturated heterocycles. The predicted molar refractivity (Wildman–Crippen MR) is 108 cm³/mol. The first kappa shape index (κ1) is 17.1. The maximum absolute atomic E-state index is 12.9. The van der Waals surface area contributed by atoms with Crippen molar-refractivity contribution in [3.05, 3.63) is 82.5 Å². The molecule has 2 aromatic carbocycles. The van der Waals surface area contributed by atoms with Gasteiger partial charge in [0.25, 0.3) is 0 Å². The summed E-state index contributed by atoms with van der Waals surface area (Å²) in [5.74, 6) is 1.77. The second kappa shape index (κ2) is 5.99. The Morgan fingerprint density at radius 3 is 2.75 bits per heavy atom. The lowest BCUT2D eigenvalue weighted by molar-refractivity contribution is -0.127. The molecular weight excluding hydrogens is 350 g/mol. The Kier molecular flexibility index (Phi) is 3.66. The third-order valence-electron chi connectivity index (χ3n) is 6.38. The van der Waals surface area contributed by atoms with Crippen LogP contribution in [0.15, 0.2) is 60.2 Å². The summed E-state index contributed by atoms with van der Waals surface area (Å²) < 4.78 is 11.3. The van der Waals surface area contributed by atoms with E-state index >= 15 is 0 Å².